The average Bonchev–Trinajstić information content (AvgIpc) is 2.95. The molecule has 1 unspecified atom stereocenters. The molecule has 2 N–H and O–H groups in total. The molecule has 0 saturated heterocycles. The number of nitrogens with one attached hydrogen (secondary N) is 1. The van der Waals surface area contributed by atoms with Crippen molar-refractivity contribution in [3.8, 4) is 0 Å². The minimum Gasteiger partial charge on any atom is -0.396 e. The zero-order valence-corrected chi connectivity index (χ0v) is 14.2. The highest BCUT2D eigenvalue weighted by Crippen LogP contribution is 2.36. The van der Waals surface area contributed by atoms with E-state index >= 15 is 0 Å². The summed E-state index contributed by atoms with van der Waals surface area (Å²) in [7, 11) is 0. The molecule has 3 heteroatoms. The molecule has 0 bridgehead atoms. The highest BCUT2D eigenvalue weighted by atomic mass is 79.9. The molecule has 3 aromatic rings. The molecule has 0 saturated carbocycles. The first-order valence-electron chi connectivity index (χ1n) is 7.63. The fourth-order valence-electron chi connectivity index (χ4n) is 3.02. The first kappa shape index (κ1) is 15.3. The molecule has 2 aromatic carbocycles. The van der Waals surface area contributed by atoms with Gasteiger partial charge in [0.2, 0.25) is 0 Å². The number of hydrogen-bond donors (Lipinski definition) is 2. The van der Waals surface area contributed by atoms with Crippen LogP contribution in [0.3, 0.4) is 0 Å². The van der Waals surface area contributed by atoms with Crippen molar-refractivity contribution in [1.29, 1.82) is 0 Å². The minimum absolute atomic E-state index is 0.231. The third-order valence-corrected chi connectivity index (χ3v) is 4.86. The molecule has 0 spiro atoms. The smallest absolute Gasteiger partial charge is 0.0601 e. The van der Waals surface area contributed by atoms with Crippen LogP contribution >= 0.6 is 15.9 Å². The summed E-state index contributed by atoms with van der Waals surface area (Å²) in [5.74, 6) is 0.302. The summed E-state index contributed by atoms with van der Waals surface area (Å²) in [5.41, 5.74) is 5.01. The highest BCUT2D eigenvalue weighted by molar-refractivity contribution is 9.10. The Morgan fingerprint density at radius 3 is 2.64 bits per heavy atom. The molecule has 0 radical (unpaired) electrons. The van der Waals surface area contributed by atoms with Crippen LogP contribution in [0.1, 0.15) is 35.4 Å². The van der Waals surface area contributed by atoms with Crippen molar-refractivity contribution in [1.82, 2.24) is 4.98 Å². The molecule has 0 amide bonds. The third-order valence-electron chi connectivity index (χ3n) is 4.20. The fourth-order valence-corrected chi connectivity index (χ4v) is 3.50. The molecule has 114 valence electrons. The molecule has 3 rings (SSSR count). The summed E-state index contributed by atoms with van der Waals surface area (Å²) in [6.45, 7) is 2.34. The Balaban J connectivity index is 2.07. The Hall–Kier alpha value is -1.58. The predicted octanol–water partition coefficient (Wildman–Crippen LogP) is 5.14. The average molecular weight is 358 g/mol. The van der Waals surface area contributed by atoms with Crippen LogP contribution in [0.4, 0.5) is 0 Å². The lowest BCUT2D eigenvalue weighted by atomic mass is 9.87. The Morgan fingerprint density at radius 1 is 1.14 bits per heavy atom. The molecule has 1 heterocycles. The van der Waals surface area contributed by atoms with Gasteiger partial charge in [0.25, 0.3) is 0 Å². The maximum atomic E-state index is 9.25. The molecule has 2 nitrogen and oxygen atoms in total. The Morgan fingerprint density at radius 2 is 1.91 bits per heavy atom. The van der Waals surface area contributed by atoms with Crippen LogP contribution < -0.4 is 0 Å². The number of aliphatic hydroxyl groups is 1. The zero-order chi connectivity index (χ0) is 15.5. The summed E-state index contributed by atoms with van der Waals surface area (Å²) in [4.78, 5) is 3.39. The summed E-state index contributed by atoms with van der Waals surface area (Å²) in [5, 5.41) is 10.5. The standard InChI is InChI=1S/C19H20BrNO/c1-13-7-9-14(10-8-13)15(5-3-11-22)17-12-21-19-16(17)4-2-6-18(19)20/h2,4,6-10,12,15,21-22H,3,5,11H2,1H3. The van der Waals surface area contributed by atoms with Crippen LogP contribution in [0.2, 0.25) is 0 Å². The van der Waals surface area contributed by atoms with Crippen molar-refractivity contribution in [3.63, 3.8) is 0 Å². The first-order valence-corrected chi connectivity index (χ1v) is 8.43. The number of aliphatic hydroxyl groups excluding tert-OH is 1. The van der Waals surface area contributed by atoms with Gasteiger partial charge in [-0.3, -0.25) is 0 Å². The van der Waals surface area contributed by atoms with Crippen LogP contribution in [0.5, 0.6) is 0 Å². The van der Waals surface area contributed by atoms with E-state index in [4.69, 9.17) is 0 Å². The van der Waals surface area contributed by atoms with Gasteiger partial charge in [-0.25, -0.2) is 0 Å². The van der Waals surface area contributed by atoms with Crippen molar-refractivity contribution in [2.45, 2.75) is 25.7 Å². The second-order valence-corrected chi connectivity index (χ2v) is 6.59. The maximum absolute atomic E-state index is 9.25. The lowest BCUT2D eigenvalue weighted by molar-refractivity contribution is 0.282. The summed E-state index contributed by atoms with van der Waals surface area (Å²) < 4.78 is 1.08. The van der Waals surface area contributed by atoms with Gasteiger partial charge in [0.15, 0.2) is 0 Å². The van der Waals surface area contributed by atoms with Gasteiger partial charge in [-0.2, -0.15) is 0 Å². The lowest BCUT2D eigenvalue weighted by Crippen LogP contribution is -2.02. The van der Waals surface area contributed by atoms with Gasteiger partial charge in [-0.15, -0.1) is 0 Å². The number of aromatic nitrogens is 1. The van der Waals surface area contributed by atoms with Gasteiger partial charge in [0.05, 0.1) is 5.52 Å². The molecular weight excluding hydrogens is 338 g/mol. The van der Waals surface area contributed by atoms with Crippen molar-refractivity contribution in [2.24, 2.45) is 0 Å². The Kier molecular flexibility index (Phi) is 4.65. The highest BCUT2D eigenvalue weighted by Gasteiger charge is 2.18. The number of aromatic amines is 1. The van der Waals surface area contributed by atoms with E-state index in [2.05, 4.69) is 76.5 Å². The number of benzene rings is 2. The van der Waals surface area contributed by atoms with E-state index < -0.39 is 0 Å². The number of aryl methyl sites for hydroxylation is 1. The fraction of sp³-hybridized carbons (Fsp3) is 0.263. The van der Waals surface area contributed by atoms with E-state index in [9.17, 15) is 5.11 Å². The number of fused-ring (bicyclic) bond motifs is 1. The van der Waals surface area contributed by atoms with Crippen LogP contribution in [0.15, 0.2) is 53.1 Å². The predicted molar refractivity (Wildman–Crippen MR) is 95.3 cm³/mol. The summed E-state index contributed by atoms with van der Waals surface area (Å²) in [6, 6.07) is 15.0. The molecular formula is C19H20BrNO. The molecule has 1 aromatic heterocycles. The molecule has 22 heavy (non-hydrogen) atoms. The van der Waals surface area contributed by atoms with Gasteiger partial charge in [-0.05, 0) is 52.9 Å². The van der Waals surface area contributed by atoms with Gasteiger partial charge >= 0.3 is 0 Å². The molecule has 1 atom stereocenters. The quantitative estimate of drug-likeness (QED) is 0.651. The molecule has 0 aliphatic carbocycles. The van der Waals surface area contributed by atoms with E-state index in [0.29, 0.717) is 5.92 Å². The SMILES string of the molecule is Cc1ccc(C(CCCO)c2c[nH]c3c(Br)cccc23)cc1. The largest absolute Gasteiger partial charge is 0.396 e. The maximum Gasteiger partial charge on any atom is 0.0601 e. The van der Waals surface area contributed by atoms with Gasteiger partial charge in [-0.1, -0.05) is 42.0 Å². The molecule has 0 aliphatic heterocycles. The topological polar surface area (TPSA) is 36.0 Å². The van der Waals surface area contributed by atoms with Gasteiger partial charge in [0.1, 0.15) is 0 Å². The monoisotopic (exact) mass is 357 g/mol. The van der Waals surface area contributed by atoms with E-state index in [1.807, 2.05) is 0 Å². The van der Waals surface area contributed by atoms with Crippen molar-refractivity contribution in [2.75, 3.05) is 6.61 Å². The Labute approximate surface area is 139 Å². The van der Waals surface area contributed by atoms with Crippen molar-refractivity contribution in [3.05, 3.63) is 69.8 Å². The number of rotatable bonds is 5. The second-order valence-electron chi connectivity index (χ2n) is 5.74. The van der Waals surface area contributed by atoms with Gasteiger partial charge < -0.3 is 10.1 Å². The van der Waals surface area contributed by atoms with E-state index in [0.717, 1.165) is 22.8 Å². The number of H-pyrrole nitrogens is 1. The number of para-hydroxylation sites is 1. The summed E-state index contributed by atoms with van der Waals surface area (Å²) >= 11 is 3.61. The van der Waals surface area contributed by atoms with Crippen LogP contribution in [-0.4, -0.2) is 16.7 Å². The molecule has 0 fully saturated rings. The van der Waals surface area contributed by atoms with Crippen molar-refractivity contribution >= 4 is 26.8 Å². The van der Waals surface area contributed by atoms with Crippen LogP contribution in [0, 0.1) is 6.92 Å². The lowest BCUT2D eigenvalue weighted by Gasteiger charge is -2.17. The van der Waals surface area contributed by atoms with Crippen molar-refractivity contribution < 1.29 is 5.11 Å². The first-order chi connectivity index (χ1) is 10.7. The van der Waals surface area contributed by atoms with E-state index in [-0.39, 0.29) is 6.61 Å². The van der Waals surface area contributed by atoms with E-state index in [1.54, 1.807) is 0 Å². The number of halogens is 1. The second kappa shape index (κ2) is 6.67. The number of hydrogen-bond acceptors (Lipinski definition) is 1. The van der Waals surface area contributed by atoms with Crippen LogP contribution in [0.25, 0.3) is 10.9 Å². The van der Waals surface area contributed by atoms with Gasteiger partial charge in [0, 0.05) is 28.6 Å². The minimum atomic E-state index is 0.231. The molecule has 0 aliphatic rings. The third kappa shape index (κ3) is 2.96. The van der Waals surface area contributed by atoms with E-state index in [1.165, 1.54) is 22.1 Å². The normalized spacial score (nSPS) is 12.7. The van der Waals surface area contributed by atoms with Crippen LogP contribution in [-0.2, 0) is 0 Å². The Bertz CT molecular complexity index is 761. The summed E-state index contributed by atoms with van der Waals surface area (Å²) in [6.07, 6.45) is 3.86. The zero-order valence-electron chi connectivity index (χ0n) is 12.6.